The Morgan fingerprint density at radius 3 is 3.00 bits per heavy atom. The molecule has 1 aromatic carbocycles. The van der Waals surface area contributed by atoms with Crippen molar-refractivity contribution in [3.63, 3.8) is 0 Å². The Balaban J connectivity index is 1.59. The Morgan fingerprint density at radius 2 is 2.27 bits per heavy atom. The molecular weight excluding hydrogens is 348 g/mol. The topological polar surface area (TPSA) is 58.6 Å². The second-order valence-electron chi connectivity index (χ2n) is 5.79. The van der Waals surface area contributed by atoms with E-state index in [1.807, 2.05) is 24.3 Å². The third kappa shape index (κ3) is 3.33. The minimum atomic E-state index is -0.568. The first kappa shape index (κ1) is 15.5. The number of hydrogen-bond acceptors (Lipinski definition) is 3. The Morgan fingerprint density at radius 1 is 1.41 bits per heavy atom. The summed E-state index contributed by atoms with van der Waals surface area (Å²) < 4.78 is 6.21. The van der Waals surface area contributed by atoms with E-state index < -0.39 is 5.92 Å². The standard InChI is InChI=1S/C16H19BrN2O3/c17-12-2-1-3-13(8-12)19-6-4-14(16(19)21)15(20)18-9-11-5-7-22-10-11/h1-3,8,11,14H,4-7,9-10H2,(H,18,20). The van der Waals surface area contributed by atoms with E-state index in [2.05, 4.69) is 21.2 Å². The van der Waals surface area contributed by atoms with E-state index in [0.29, 0.717) is 32.0 Å². The van der Waals surface area contributed by atoms with E-state index in [4.69, 9.17) is 4.74 Å². The van der Waals surface area contributed by atoms with Crippen LogP contribution in [0.3, 0.4) is 0 Å². The van der Waals surface area contributed by atoms with Gasteiger partial charge in [0.2, 0.25) is 11.8 Å². The summed E-state index contributed by atoms with van der Waals surface area (Å²) in [5.74, 6) is -0.462. The first-order valence-electron chi connectivity index (χ1n) is 7.57. The maximum atomic E-state index is 12.5. The summed E-state index contributed by atoms with van der Waals surface area (Å²) in [7, 11) is 0. The second-order valence-corrected chi connectivity index (χ2v) is 6.70. The zero-order valence-electron chi connectivity index (χ0n) is 12.3. The Bertz CT molecular complexity index is 572. The van der Waals surface area contributed by atoms with Gasteiger partial charge in [0.15, 0.2) is 0 Å². The minimum absolute atomic E-state index is 0.113. The lowest BCUT2D eigenvalue weighted by atomic mass is 10.1. The molecule has 0 radical (unpaired) electrons. The molecule has 118 valence electrons. The maximum absolute atomic E-state index is 12.5. The largest absolute Gasteiger partial charge is 0.381 e. The van der Waals surface area contributed by atoms with Gasteiger partial charge in [-0.1, -0.05) is 22.0 Å². The van der Waals surface area contributed by atoms with E-state index in [0.717, 1.165) is 23.2 Å². The molecule has 5 nitrogen and oxygen atoms in total. The van der Waals surface area contributed by atoms with Gasteiger partial charge in [-0.3, -0.25) is 9.59 Å². The Labute approximate surface area is 138 Å². The van der Waals surface area contributed by atoms with E-state index in [1.165, 1.54) is 0 Å². The van der Waals surface area contributed by atoms with Crippen LogP contribution in [0.1, 0.15) is 12.8 Å². The molecule has 2 amide bonds. The fourth-order valence-electron chi connectivity index (χ4n) is 2.94. The average molecular weight is 367 g/mol. The van der Waals surface area contributed by atoms with Crippen molar-refractivity contribution in [2.24, 2.45) is 11.8 Å². The molecule has 2 fully saturated rings. The highest BCUT2D eigenvalue weighted by Gasteiger charge is 2.37. The molecule has 3 rings (SSSR count). The van der Waals surface area contributed by atoms with E-state index in [-0.39, 0.29) is 11.8 Å². The zero-order valence-corrected chi connectivity index (χ0v) is 13.8. The zero-order chi connectivity index (χ0) is 15.5. The van der Waals surface area contributed by atoms with Crippen LogP contribution in [0.4, 0.5) is 5.69 Å². The number of halogens is 1. The van der Waals surface area contributed by atoms with Crippen molar-refractivity contribution in [2.75, 3.05) is 31.2 Å². The monoisotopic (exact) mass is 366 g/mol. The lowest BCUT2D eigenvalue weighted by Crippen LogP contribution is -2.39. The highest BCUT2D eigenvalue weighted by Crippen LogP contribution is 2.27. The third-order valence-corrected chi connectivity index (χ3v) is 4.72. The van der Waals surface area contributed by atoms with Crippen LogP contribution in [-0.4, -0.2) is 38.1 Å². The molecule has 2 aliphatic rings. The fourth-order valence-corrected chi connectivity index (χ4v) is 3.32. The maximum Gasteiger partial charge on any atom is 0.239 e. The van der Waals surface area contributed by atoms with Gasteiger partial charge < -0.3 is 15.0 Å². The number of carbonyl (C=O) groups excluding carboxylic acids is 2. The van der Waals surface area contributed by atoms with Crippen LogP contribution < -0.4 is 10.2 Å². The number of rotatable bonds is 4. The highest BCUT2D eigenvalue weighted by atomic mass is 79.9. The van der Waals surface area contributed by atoms with Crippen LogP contribution in [0.25, 0.3) is 0 Å². The summed E-state index contributed by atoms with van der Waals surface area (Å²) in [6, 6.07) is 7.59. The van der Waals surface area contributed by atoms with Gasteiger partial charge in [-0.25, -0.2) is 0 Å². The minimum Gasteiger partial charge on any atom is -0.381 e. The van der Waals surface area contributed by atoms with Crippen molar-refractivity contribution < 1.29 is 14.3 Å². The van der Waals surface area contributed by atoms with Gasteiger partial charge in [-0.15, -0.1) is 0 Å². The Kier molecular flexibility index (Phi) is 4.78. The van der Waals surface area contributed by atoms with Crippen LogP contribution in [0, 0.1) is 11.8 Å². The lowest BCUT2D eigenvalue weighted by molar-refractivity contribution is -0.132. The van der Waals surface area contributed by atoms with Gasteiger partial charge in [0.25, 0.3) is 0 Å². The van der Waals surface area contributed by atoms with Crippen molar-refractivity contribution >= 4 is 33.4 Å². The number of hydrogen-bond donors (Lipinski definition) is 1. The molecule has 0 bridgehead atoms. The molecule has 0 aliphatic carbocycles. The van der Waals surface area contributed by atoms with Gasteiger partial charge in [0, 0.05) is 35.8 Å². The third-order valence-electron chi connectivity index (χ3n) is 4.23. The van der Waals surface area contributed by atoms with Crippen LogP contribution in [0.5, 0.6) is 0 Å². The molecule has 0 spiro atoms. The average Bonchev–Trinajstić information content (AvgIpc) is 3.14. The Hall–Kier alpha value is -1.40. The quantitative estimate of drug-likeness (QED) is 0.828. The van der Waals surface area contributed by atoms with Crippen molar-refractivity contribution in [3.05, 3.63) is 28.7 Å². The summed E-state index contributed by atoms with van der Waals surface area (Å²) in [4.78, 5) is 26.4. The SMILES string of the molecule is O=C(NCC1CCOC1)C1CCN(c2cccc(Br)c2)C1=O. The first-order valence-corrected chi connectivity index (χ1v) is 8.37. The molecule has 2 aliphatic heterocycles. The number of ether oxygens (including phenoxy) is 1. The van der Waals surface area contributed by atoms with Crippen LogP contribution >= 0.6 is 15.9 Å². The van der Waals surface area contributed by atoms with Gasteiger partial charge in [0.1, 0.15) is 5.92 Å². The molecular formula is C16H19BrN2O3. The van der Waals surface area contributed by atoms with E-state index in [9.17, 15) is 9.59 Å². The summed E-state index contributed by atoms with van der Waals surface area (Å²) in [6.45, 7) is 2.64. The van der Waals surface area contributed by atoms with Gasteiger partial charge in [-0.05, 0) is 31.0 Å². The molecule has 2 atom stereocenters. The van der Waals surface area contributed by atoms with Crippen LogP contribution in [0.2, 0.25) is 0 Å². The van der Waals surface area contributed by atoms with Crippen molar-refractivity contribution in [1.29, 1.82) is 0 Å². The van der Waals surface area contributed by atoms with Gasteiger partial charge in [-0.2, -0.15) is 0 Å². The number of anilines is 1. The molecule has 2 saturated heterocycles. The highest BCUT2D eigenvalue weighted by molar-refractivity contribution is 9.10. The van der Waals surface area contributed by atoms with Crippen molar-refractivity contribution in [2.45, 2.75) is 12.8 Å². The number of nitrogens with one attached hydrogen (secondary N) is 1. The van der Waals surface area contributed by atoms with Gasteiger partial charge in [0.05, 0.1) is 6.61 Å². The molecule has 0 aromatic heterocycles. The van der Waals surface area contributed by atoms with Gasteiger partial charge >= 0.3 is 0 Å². The molecule has 6 heteroatoms. The summed E-state index contributed by atoms with van der Waals surface area (Å²) in [5, 5.41) is 2.90. The van der Waals surface area contributed by atoms with Crippen molar-refractivity contribution in [1.82, 2.24) is 5.32 Å². The summed E-state index contributed by atoms with van der Waals surface area (Å²) in [5.41, 5.74) is 0.832. The van der Waals surface area contributed by atoms with Crippen LogP contribution in [-0.2, 0) is 14.3 Å². The van der Waals surface area contributed by atoms with Crippen LogP contribution in [0.15, 0.2) is 28.7 Å². The van der Waals surface area contributed by atoms with E-state index in [1.54, 1.807) is 4.90 Å². The molecule has 2 unspecified atom stereocenters. The van der Waals surface area contributed by atoms with Crippen molar-refractivity contribution in [3.8, 4) is 0 Å². The molecule has 2 heterocycles. The summed E-state index contributed by atoms with van der Waals surface area (Å²) >= 11 is 3.41. The normalized spacial score (nSPS) is 24.8. The first-order chi connectivity index (χ1) is 10.6. The molecule has 22 heavy (non-hydrogen) atoms. The molecule has 1 N–H and O–H groups in total. The predicted octanol–water partition coefficient (Wildman–Crippen LogP) is 1.95. The number of carbonyl (C=O) groups is 2. The molecule has 1 aromatic rings. The molecule has 0 saturated carbocycles. The fraction of sp³-hybridized carbons (Fsp3) is 0.500. The number of benzene rings is 1. The lowest BCUT2D eigenvalue weighted by Gasteiger charge is -2.17. The van der Waals surface area contributed by atoms with E-state index >= 15 is 0 Å². The second kappa shape index (κ2) is 6.79. The predicted molar refractivity (Wildman–Crippen MR) is 86.5 cm³/mol. The number of nitrogens with zero attached hydrogens (tertiary/aromatic N) is 1. The smallest absolute Gasteiger partial charge is 0.239 e. The number of amides is 2. The summed E-state index contributed by atoms with van der Waals surface area (Å²) in [6.07, 6.45) is 1.54.